The molecule has 1 heterocycles. The van der Waals surface area contributed by atoms with Crippen LogP contribution in [-0.4, -0.2) is 44.1 Å². The van der Waals surface area contributed by atoms with Gasteiger partial charge in [0.15, 0.2) is 0 Å². The second-order valence-electron chi connectivity index (χ2n) is 6.74. The van der Waals surface area contributed by atoms with E-state index in [2.05, 4.69) is 30.0 Å². The van der Waals surface area contributed by atoms with Crippen LogP contribution >= 0.6 is 0 Å². The molecule has 0 radical (unpaired) electrons. The number of piperazine rings is 1. The summed E-state index contributed by atoms with van der Waals surface area (Å²) in [6.07, 6.45) is 1.90. The van der Waals surface area contributed by atoms with E-state index in [-0.39, 0.29) is 11.8 Å². The molecular formula is C22H28N2O2. The molecule has 26 heavy (non-hydrogen) atoms. The maximum atomic E-state index is 13.1. The highest BCUT2D eigenvalue weighted by Gasteiger charge is 2.28. The number of nitrogens with zero attached hydrogens (tertiary/aromatic N) is 2. The molecule has 138 valence electrons. The van der Waals surface area contributed by atoms with Gasteiger partial charge in [0.1, 0.15) is 5.75 Å². The minimum absolute atomic E-state index is 0.0287. The van der Waals surface area contributed by atoms with Crippen molar-refractivity contribution in [2.45, 2.75) is 25.7 Å². The van der Waals surface area contributed by atoms with E-state index in [1.165, 1.54) is 0 Å². The number of anilines is 1. The van der Waals surface area contributed by atoms with Gasteiger partial charge in [-0.05, 0) is 24.1 Å². The zero-order valence-electron chi connectivity index (χ0n) is 15.7. The van der Waals surface area contributed by atoms with Crippen LogP contribution in [0.15, 0.2) is 54.6 Å². The molecule has 2 aromatic rings. The summed E-state index contributed by atoms with van der Waals surface area (Å²) in [6, 6.07) is 18.3. The van der Waals surface area contributed by atoms with Crippen molar-refractivity contribution in [2.75, 3.05) is 38.2 Å². The second-order valence-corrected chi connectivity index (χ2v) is 6.74. The largest absolute Gasteiger partial charge is 0.495 e. The van der Waals surface area contributed by atoms with E-state index in [0.717, 1.165) is 56.0 Å². The van der Waals surface area contributed by atoms with Crippen LogP contribution in [0.4, 0.5) is 5.69 Å². The Hall–Kier alpha value is -2.49. The van der Waals surface area contributed by atoms with Crippen LogP contribution in [0.1, 0.15) is 31.2 Å². The first-order valence-electron chi connectivity index (χ1n) is 9.46. The number of amides is 1. The van der Waals surface area contributed by atoms with Crippen LogP contribution < -0.4 is 9.64 Å². The standard InChI is InChI=1S/C22H28N2O2/c1-3-9-19(18-10-5-4-6-11-18)22(25)24-16-14-23(15-17-24)20-12-7-8-13-21(20)26-2/h4-8,10-13,19H,3,9,14-17H2,1-2H3. The second kappa shape index (κ2) is 8.75. The summed E-state index contributed by atoms with van der Waals surface area (Å²) in [5.41, 5.74) is 2.24. The van der Waals surface area contributed by atoms with Gasteiger partial charge >= 0.3 is 0 Å². The first-order chi connectivity index (χ1) is 12.7. The third kappa shape index (κ3) is 4.01. The van der Waals surface area contributed by atoms with Crippen LogP contribution in [0.3, 0.4) is 0 Å². The van der Waals surface area contributed by atoms with Crippen molar-refractivity contribution in [3.63, 3.8) is 0 Å². The molecule has 3 rings (SSSR count). The van der Waals surface area contributed by atoms with Gasteiger partial charge in [-0.2, -0.15) is 0 Å². The van der Waals surface area contributed by atoms with E-state index in [0.29, 0.717) is 0 Å². The molecule has 0 spiro atoms. The van der Waals surface area contributed by atoms with Crippen LogP contribution in [0.5, 0.6) is 5.75 Å². The van der Waals surface area contributed by atoms with Crippen LogP contribution in [0.25, 0.3) is 0 Å². The summed E-state index contributed by atoms with van der Waals surface area (Å²) in [7, 11) is 1.70. The van der Waals surface area contributed by atoms with Crippen molar-refractivity contribution in [1.82, 2.24) is 4.90 Å². The van der Waals surface area contributed by atoms with Crippen LogP contribution in [-0.2, 0) is 4.79 Å². The lowest BCUT2D eigenvalue weighted by Gasteiger charge is -2.38. The first-order valence-corrected chi connectivity index (χ1v) is 9.46. The number of methoxy groups -OCH3 is 1. The number of hydrogen-bond donors (Lipinski definition) is 0. The third-order valence-electron chi connectivity index (χ3n) is 5.09. The zero-order chi connectivity index (χ0) is 18.4. The Morgan fingerprint density at radius 3 is 2.31 bits per heavy atom. The van der Waals surface area contributed by atoms with E-state index in [4.69, 9.17) is 4.74 Å². The molecule has 4 heteroatoms. The lowest BCUT2D eigenvalue weighted by Crippen LogP contribution is -2.50. The SMILES string of the molecule is CCCC(C(=O)N1CCN(c2ccccc2OC)CC1)c1ccccc1. The normalized spacial score (nSPS) is 15.6. The molecule has 1 fully saturated rings. The fourth-order valence-corrected chi connectivity index (χ4v) is 3.69. The highest BCUT2D eigenvalue weighted by Crippen LogP contribution is 2.29. The van der Waals surface area contributed by atoms with Gasteiger partial charge in [0.05, 0.1) is 18.7 Å². The van der Waals surface area contributed by atoms with Crippen molar-refractivity contribution in [3.8, 4) is 5.75 Å². The molecule has 0 saturated carbocycles. The lowest BCUT2D eigenvalue weighted by atomic mass is 9.93. The van der Waals surface area contributed by atoms with Crippen molar-refractivity contribution in [3.05, 3.63) is 60.2 Å². The number of ether oxygens (including phenoxy) is 1. The van der Waals surface area contributed by atoms with Gasteiger partial charge in [0, 0.05) is 26.2 Å². The first kappa shape index (κ1) is 18.3. The predicted molar refractivity (Wildman–Crippen MR) is 106 cm³/mol. The Labute approximate surface area is 156 Å². The molecule has 0 aliphatic carbocycles. The van der Waals surface area contributed by atoms with E-state index < -0.39 is 0 Å². The van der Waals surface area contributed by atoms with Gasteiger partial charge in [-0.25, -0.2) is 0 Å². The molecule has 0 N–H and O–H groups in total. The summed E-state index contributed by atoms with van der Waals surface area (Å²) in [5.74, 6) is 1.12. The van der Waals surface area contributed by atoms with Crippen molar-refractivity contribution in [1.29, 1.82) is 0 Å². The number of carbonyl (C=O) groups is 1. The van der Waals surface area contributed by atoms with Crippen molar-refractivity contribution < 1.29 is 9.53 Å². The zero-order valence-corrected chi connectivity index (χ0v) is 15.7. The minimum atomic E-state index is -0.0287. The predicted octanol–water partition coefficient (Wildman–Crippen LogP) is 3.93. The van der Waals surface area contributed by atoms with E-state index >= 15 is 0 Å². The van der Waals surface area contributed by atoms with Crippen LogP contribution in [0.2, 0.25) is 0 Å². The molecule has 1 amide bonds. The van der Waals surface area contributed by atoms with Crippen molar-refractivity contribution in [2.24, 2.45) is 0 Å². The monoisotopic (exact) mass is 352 g/mol. The van der Waals surface area contributed by atoms with Gasteiger partial charge in [-0.3, -0.25) is 4.79 Å². The molecule has 1 saturated heterocycles. The molecule has 1 aliphatic heterocycles. The van der Waals surface area contributed by atoms with Crippen molar-refractivity contribution >= 4 is 11.6 Å². The summed E-state index contributed by atoms with van der Waals surface area (Å²) in [5, 5.41) is 0. The summed E-state index contributed by atoms with van der Waals surface area (Å²) < 4.78 is 5.48. The van der Waals surface area contributed by atoms with E-state index in [1.54, 1.807) is 7.11 Å². The Morgan fingerprint density at radius 1 is 1.00 bits per heavy atom. The fraction of sp³-hybridized carbons (Fsp3) is 0.409. The van der Waals surface area contributed by atoms with Gasteiger partial charge in [-0.1, -0.05) is 55.8 Å². The Kier molecular flexibility index (Phi) is 6.16. The molecule has 2 aromatic carbocycles. The van der Waals surface area contributed by atoms with E-state index in [9.17, 15) is 4.79 Å². The maximum Gasteiger partial charge on any atom is 0.230 e. The molecule has 0 aromatic heterocycles. The Balaban J connectivity index is 1.67. The molecule has 1 atom stereocenters. The molecule has 1 unspecified atom stereocenters. The van der Waals surface area contributed by atoms with Gasteiger partial charge in [0.2, 0.25) is 5.91 Å². The number of benzene rings is 2. The number of rotatable bonds is 6. The Morgan fingerprint density at radius 2 is 1.65 bits per heavy atom. The quantitative estimate of drug-likeness (QED) is 0.790. The molecule has 1 aliphatic rings. The molecular weight excluding hydrogens is 324 g/mol. The van der Waals surface area contributed by atoms with Crippen LogP contribution in [0, 0.1) is 0 Å². The lowest BCUT2D eigenvalue weighted by molar-refractivity contribution is -0.133. The van der Waals surface area contributed by atoms with Gasteiger partial charge < -0.3 is 14.5 Å². The number of hydrogen-bond acceptors (Lipinski definition) is 3. The molecule has 4 nitrogen and oxygen atoms in total. The number of carbonyl (C=O) groups excluding carboxylic acids is 1. The maximum absolute atomic E-state index is 13.1. The summed E-state index contributed by atoms with van der Waals surface area (Å²) >= 11 is 0. The van der Waals surface area contributed by atoms with Gasteiger partial charge in [0.25, 0.3) is 0 Å². The summed E-state index contributed by atoms with van der Waals surface area (Å²) in [6.45, 7) is 5.32. The minimum Gasteiger partial charge on any atom is -0.495 e. The topological polar surface area (TPSA) is 32.8 Å². The average Bonchev–Trinajstić information content (AvgIpc) is 2.72. The van der Waals surface area contributed by atoms with E-state index in [1.807, 2.05) is 41.3 Å². The molecule has 0 bridgehead atoms. The smallest absolute Gasteiger partial charge is 0.230 e. The highest BCUT2D eigenvalue weighted by molar-refractivity contribution is 5.84. The Bertz CT molecular complexity index is 709. The summed E-state index contributed by atoms with van der Waals surface area (Å²) in [4.78, 5) is 17.5. The van der Waals surface area contributed by atoms with Gasteiger partial charge in [-0.15, -0.1) is 0 Å². The highest BCUT2D eigenvalue weighted by atomic mass is 16.5. The average molecular weight is 352 g/mol. The number of para-hydroxylation sites is 2. The third-order valence-corrected chi connectivity index (χ3v) is 5.09. The fourth-order valence-electron chi connectivity index (χ4n) is 3.69.